The monoisotopic (exact) mass is 947 g/mol. The topological polar surface area (TPSA) is 78.9 Å². The molecule has 0 heterocycles. The van der Waals surface area contributed by atoms with Gasteiger partial charge in [-0.2, -0.15) is 0 Å². The average Bonchev–Trinajstić information content (AvgIpc) is 3.33. The van der Waals surface area contributed by atoms with Crippen LogP contribution in [0.1, 0.15) is 349 Å². The van der Waals surface area contributed by atoms with E-state index >= 15 is 0 Å². The molecule has 0 aliphatic heterocycles. The lowest BCUT2D eigenvalue weighted by molar-refractivity contribution is -0.167. The fraction of sp³-hybridized carbons (Fsp3) is 0.951. The molecule has 0 saturated heterocycles. The SMILES string of the molecule is CCCCCCCCCCCCCCCCCCCCC(=O)OC[C@@H](COC(=O)CCCCCCCCCCC)OC(=O)CCCCCCCCCCCCCCCCCCCCC(C)CC. The van der Waals surface area contributed by atoms with Gasteiger partial charge in [0.15, 0.2) is 6.10 Å². The molecule has 67 heavy (non-hydrogen) atoms. The standard InChI is InChI=1S/C61H118O6/c1-5-8-10-12-14-16-17-18-19-20-24-27-30-33-37-41-45-49-53-60(63)66-56-58(55-65-59(62)52-48-44-40-35-15-13-11-9-6-2)67-61(64)54-50-46-42-38-34-31-28-25-22-21-23-26-29-32-36-39-43-47-51-57(4)7-3/h57-58H,5-56H2,1-4H3/t57?,58-/m1/s1. The Morgan fingerprint density at radius 2 is 0.522 bits per heavy atom. The number of carbonyl (C=O) groups excluding carboxylic acids is 3. The number of hydrogen-bond donors (Lipinski definition) is 0. The molecule has 6 nitrogen and oxygen atoms in total. The zero-order chi connectivity index (χ0) is 48.8. The number of hydrogen-bond acceptors (Lipinski definition) is 6. The molecule has 0 bridgehead atoms. The summed E-state index contributed by atoms with van der Waals surface area (Å²) in [5, 5.41) is 0. The van der Waals surface area contributed by atoms with Crippen molar-refractivity contribution in [3.63, 3.8) is 0 Å². The van der Waals surface area contributed by atoms with Gasteiger partial charge in [-0.1, -0.05) is 310 Å². The van der Waals surface area contributed by atoms with Gasteiger partial charge in [0.2, 0.25) is 0 Å². The Kier molecular flexibility index (Phi) is 54.0. The Balaban J connectivity index is 4.17. The molecule has 0 aliphatic rings. The van der Waals surface area contributed by atoms with Crippen molar-refractivity contribution < 1.29 is 28.6 Å². The fourth-order valence-corrected chi connectivity index (χ4v) is 9.42. The van der Waals surface area contributed by atoms with Gasteiger partial charge in [-0.05, 0) is 25.2 Å². The highest BCUT2D eigenvalue weighted by Crippen LogP contribution is 2.19. The maximum atomic E-state index is 12.9. The third-order valence-corrected chi connectivity index (χ3v) is 14.4. The van der Waals surface area contributed by atoms with Crippen LogP contribution in [-0.2, 0) is 28.6 Å². The van der Waals surface area contributed by atoms with E-state index in [-0.39, 0.29) is 31.1 Å². The first kappa shape index (κ1) is 65.4. The van der Waals surface area contributed by atoms with Crippen molar-refractivity contribution in [3.8, 4) is 0 Å². The van der Waals surface area contributed by atoms with Gasteiger partial charge >= 0.3 is 17.9 Å². The second kappa shape index (κ2) is 55.3. The molecule has 398 valence electrons. The third kappa shape index (κ3) is 53.6. The Morgan fingerprint density at radius 3 is 0.776 bits per heavy atom. The molecule has 0 aliphatic carbocycles. The average molecular weight is 948 g/mol. The fourth-order valence-electron chi connectivity index (χ4n) is 9.42. The van der Waals surface area contributed by atoms with E-state index in [9.17, 15) is 14.4 Å². The van der Waals surface area contributed by atoms with Crippen molar-refractivity contribution in [2.24, 2.45) is 5.92 Å². The number of rotatable bonds is 56. The summed E-state index contributed by atoms with van der Waals surface area (Å²) in [6.45, 7) is 9.10. The van der Waals surface area contributed by atoms with Gasteiger partial charge in [-0.15, -0.1) is 0 Å². The largest absolute Gasteiger partial charge is 0.462 e. The summed E-state index contributed by atoms with van der Waals surface area (Å²) in [7, 11) is 0. The smallest absolute Gasteiger partial charge is 0.306 e. The summed E-state index contributed by atoms with van der Waals surface area (Å²) in [6.07, 6.45) is 61.0. The Morgan fingerprint density at radius 1 is 0.299 bits per heavy atom. The minimum Gasteiger partial charge on any atom is -0.462 e. The maximum absolute atomic E-state index is 12.9. The number of carbonyl (C=O) groups is 3. The van der Waals surface area contributed by atoms with Crippen LogP contribution in [-0.4, -0.2) is 37.2 Å². The quantitative estimate of drug-likeness (QED) is 0.0343. The second-order valence-electron chi connectivity index (χ2n) is 21.2. The van der Waals surface area contributed by atoms with Crippen molar-refractivity contribution in [3.05, 3.63) is 0 Å². The van der Waals surface area contributed by atoms with Crippen molar-refractivity contribution in [1.29, 1.82) is 0 Å². The van der Waals surface area contributed by atoms with Crippen molar-refractivity contribution in [2.75, 3.05) is 13.2 Å². The van der Waals surface area contributed by atoms with Crippen molar-refractivity contribution in [1.82, 2.24) is 0 Å². The van der Waals surface area contributed by atoms with Gasteiger partial charge in [0.25, 0.3) is 0 Å². The summed E-state index contributed by atoms with van der Waals surface area (Å²) in [5.41, 5.74) is 0. The molecule has 1 unspecified atom stereocenters. The zero-order valence-corrected chi connectivity index (χ0v) is 45.9. The third-order valence-electron chi connectivity index (χ3n) is 14.4. The summed E-state index contributed by atoms with van der Waals surface area (Å²) in [6, 6.07) is 0. The van der Waals surface area contributed by atoms with Crippen LogP contribution in [0.15, 0.2) is 0 Å². The number of esters is 3. The maximum Gasteiger partial charge on any atom is 0.306 e. The highest BCUT2D eigenvalue weighted by atomic mass is 16.6. The van der Waals surface area contributed by atoms with E-state index in [1.807, 2.05) is 0 Å². The molecule has 0 rings (SSSR count). The highest BCUT2D eigenvalue weighted by molar-refractivity contribution is 5.71. The molecule has 0 N–H and O–H groups in total. The van der Waals surface area contributed by atoms with Gasteiger partial charge in [0.1, 0.15) is 13.2 Å². The normalized spacial score (nSPS) is 12.4. The molecule has 0 saturated carbocycles. The molecule has 0 aromatic carbocycles. The van der Waals surface area contributed by atoms with Crippen LogP contribution in [0.4, 0.5) is 0 Å². The lowest BCUT2D eigenvalue weighted by Crippen LogP contribution is -2.30. The lowest BCUT2D eigenvalue weighted by atomic mass is 9.99. The van der Waals surface area contributed by atoms with Gasteiger partial charge < -0.3 is 14.2 Å². The first-order valence-corrected chi connectivity index (χ1v) is 30.4. The van der Waals surface area contributed by atoms with Gasteiger partial charge in [0.05, 0.1) is 0 Å². The van der Waals surface area contributed by atoms with Crippen molar-refractivity contribution >= 4 is 17.9 Å². The molecular formula is C61H118O6. The van der Waals surface area contributed by atoms with E-state index in [1.165, 1.54) is 244 Å². The molecule has 2 atom stereocenters. The Labute approximate surface area is 418 Å². The molecule has 6 heteroatoms. The van der Waals surface area contributed by atoms with Crippen LogP contribution in [0.5, 0.6) is 0 Å². The molecule has 0 aromatic heterocycles. The lowest BCUT2D eigenvalue weighted by Gasteiger charge is -2.18. The summed E-state index contributed by atoms with van der Waals surface area (Å²) < 4.78 is 16.9. The van der Waals surface area contributed by atoms with E-state index in [2.05, 4.69) is 27.7 Å². The second-order valence-corrected chi connectivity index (χ2v) is 21.2. The van der Waals surface area contributed by atoms with Crippen LogP contribution in [0, 0.1) is 5.92 Å². The predicted molar refractivity (Wildman–Crippen MR) is 289 cm³/mol. The van der Waals surface area contributed by atoms with Gasteiger partial charge in [-0.3, -0.25) is 14.4 Å². The Bertz CT molecular complexity index is 1010. The molecule has 0 amide bonds. The van der Waals surface area contributed by atoms with Crippen LogP contribution >= 0.6 is 0 Å². The summed E-state index contributed by atoms with van der Waals surface area (Å²) in [5.74, 6) is 0.0733. The van der Waals surface area contributed by atoms with E-state index < -0.39 is 6.10 Å². The van der Waals surface area contributed by atoms with E-state index in [0.29, 0.717) is 19.3 Å². The summed E-state index contributed by atoms with van der Waals surface area (Å²) in [4.78, 5) is 38.1. The van der Waals surface area contributed by atoms with E-state index in [0.717, 1.165) is 63.7 Å². The predicted octanol–water partition coefficient (Wildman–Crippen LogP) is 20.2. The van der Waals surface area contributed by atoms with Gasteiger partial charge in [-0.25, -0.2) is 0 Å². The minimum absolute atomic E-state index is 0.0617. The van der Waals surface area contributed by atoms with Crippen LogP contribution in [0.2, 0.25) is 0 Å². The first-order valence-electron chi connectivity index (χ1n) is 30.4. The zero-order valence-electron chi connectivity index (χ0n) is 45.9. The van der Waals surface area contributed by atoms with E-state index in [1.54, 1.807) is 0 Å². The molecule has 0 fully saturated rings. The molecule has 0 spiro atoms. The highest BCUT2D eigenvalue weighted by Gasteiger charge is 2.19. The van der Waals surface area contributed by atoms with E-state index in [4.69, 9.17) is 14.2 Å². The van der Waals surface area contributed by atoms with Crippen LogP contribution in [0.3, 0.4) is 0 Å². The molecule has 0 radical (unpaired) electrons. The van der Waals surface area contributed by atoms with Crippen LogP contribution < -0.4 is 0 Å². The molecular weight excluding hydrogens is 829 g/mol. The first-order chi connectivity index (χ1) is 32.9. The number of unbranched alkanes of at least 4 members (excludes halogenated alkanes) is 42. The van der Waals surface area contributed by atoms with Crippen molar-refractivity contribution in [2.45, 2.75) is 355 Å². The summed E-state index contributed by atoms with van der Waals surface area (Å²) >= 11 is 0. The molecule has 0 aromatic rings. The number of ether oxygens (including phenoxy) is 3. The van der Waals surface area contributed by atoms with Gasteiger partial charge in [0, 0.05) is 19.3 Å². The Hall–Kier alpha value is -1.59. The minimum atomic E-state index is -0.761. The van der Waals surface area contributed by atoms with Crippen LogP contribution in [0.25, 0.3) is 0 Å².